The van der Waals surface area contributed by atoms with E-state index in [1.165, 1.54) is 26.2 Å². The van der Waals surface area contributed by atoms with Crippen molar-refractivity contribution in [3.05, 3.63) is 68.8 Å². The van der Waals surface area contributed by atoms with Crippen molar-refractivity contribution in [3.63, 3.8) is 0 Å². The van der Waals surface area contributed by atoms with Gasteiger partial charge in [0.05, 0.1) is 17.6 Å². The van der Waals surface area contributed by atoms with Gasteiger partial charge in [0.15, 0.2) is 11.9 Å². The molecule has 0 aliphatic rings. The monoisotopic (exact) mass is 357 g/mol. The molecule has 136 valence electrons. The van der Waals surface area contributed by atoms with E-state index in [1.807, 2.05) is 19.9 Å². The van der Waals surface area contributed by atoms with E-state index in [9.17, 15) is 19.7 Å². The van der Waals surface area contributed by atoms with Crippen LogP contribution in [0.5, 0.6) is 5.75 Å². The van der Waals surface area contributed by atoms with Crippen LogP contribution in [0.25, 0.3) is 0 Å². The molecule has 2 rings (SSSR count). The maximum absolute atomic E-state index is 12.5. The van der Waals surface area contributed by atoms with Crippen LogP contribution in [0.4, 0.5) is 5.69 Å². The van der Waals surface area contributed by atoms with Gasteiger partial charge in [-0.1, -0.05) is 12.1 Å². The minimum absolute atomic E-state index is 0.0275. The molecule has 26 heavy (non-hydrogen) atoms. The van der Waals surface area contributed by atoms with Crippen molar-refractivity contribution in [2.24, 2.45) is 0 Å². The number of hydrogen-bond donors (Lipinski definition) is 0. The summed E-state index contributed by atoms with van der Waals surface area (Å²) in [6.07, 6.45) is -0.931. The fraction of sp³-hybridized carbons (Fsp3) is 0.263. The number of aryl methyl sites for hydroxylation is 2. The summed E-state index contributed by atoms with van der Waals surface area (Å²) in [5, 5.41) is 11.3. The van der Waals surface area contributed by atoms with E-state index in [0.29, 0.717) is 5.56 Å². The van der Waals surface area contributed by atoms with E-state index in [2.05, 4.69) is 4.74 Å². The average molecular weight is 357 g/mol. The molecule has 0 saturated heterocycles. The van der Waals surface area contributed by atoms with E-state index in [4.69, 9.17) is 4.74 Å². The summed E-state index contributed by atoms with van der Waals surface area (Å²) >= 11 is 0. The number of carbonyl (C=O) groups excluding carboxylic acids is 2. The first kappa shape index (κ1) is 19.1. The third kappa shape index (κ3) is 4.05. The summed E-state index contributed by atoms with van der Waals surface area (Å²) in [7, 11) is 1.18. The van der Waals surface area contributed by atoms with Crippen LogP contribution in [0.1, 0.15) is 38.8 Å². The molecule has 0 amide bonds. The number of nitro groups is 1. The lowest BCUT2D eigenvalue weighted by molar-refractivity contribution is -0.386. The van der Waals surface area contributed by atoms with E-state index < -0.39 is 22.7 Å². The summed E-state index contributed by atoms with van der Waals surface area (Å²) in [5.74, 6) is -1.08. The van der Waals surface area contributed by atoms with Crippen LogP contribution < -0.4 is 4.74 Å². The number of nitrogens with zero attached hydrogens (tertiary/aromatic N) is 1. The van der Waals surface area contributed by atoms with Crippen molar-refractivity contribution in [3.8, 4) is 5.75 Å². The lowest BCUT2D eigenvalue weighted by atomic mass is 10.0. The lowest BCUT2D eigenvalue weighted by Gasteiger charge is -2.15. The molecule has 0 fully saturated rings. The van der Waals surface area contributed by atoms with Gasteiger partial charge in [0.25, 0.3) is 0 Å². The van der Waals surface area contributed by atoms with E-state index in [1.54, 1.807) is 12.1 Å². The van der Waals surface area contributed by atoms with Crippen LogP contribution in [0.3, 0.4) is 0 Å². The summed E-state index contributed by atoms with van der Waals surface area (Å²) in [5.41, 5.74) is 2.11. The van der Waals surface area contributed by atoms with E-state index in [-0.39, 0.29) is 17.1 Å². The molecular formula is C19H19NO6. The zero-order valence-electron chi connectivity index (χ0n) is 14.9. The van der Waals surface area contributed by atoms with Crippen molar-refractivity contribution in [2.75, 3.05) is 7.11 Å². The number of ether oxygens (including phenoxy) is 2. The quantitative estimate of drug-likeness (QED) is 0.339. The average Bonchev–Trinajstić information content (AvgIpc) is 2.62. The Hall–Kier alpha value is -3.22. The Bertz CT molecular complexity index is 874. The predicted octanol–water partition coefficient (Wildman–Crippen LogP) is 3.65. The molecule has 1 atom stereocenters. The van der Waals surface area contributed by atoms with E-state index in [0.717, 1.165) is 17.2 Å². The fourth-order valence-corrected chi connectivity index (χ4v) is 2.38. The molecular weight excluding hydrogens is 338 g/mol. The first-order valence-corrected chi connectivity index (χ1v) is 7.89. The number of nitro benzene ring substituents is 1. The highest BCUT2D eigenvalue weighted by Gasteiger charge is 2.24. The van der Waals surface area contributed by atoms with Crippen molar-refractivity contribution in [1.29, 1.82) is 0 Å². The van der Waals surface area contributed by atoms with Gasteiger partial charge < -0.3 is 9.47 Å². The van der Waals surface area contributed by atoms with Gasteiger partial charge in [-0.15, -0.1) is 0 Å². The van der Waals surface area contributed by atoms with Gasteiger partial charge in [0.1, 0.15) is 0 Å². The number of carbonyl (C=O) groups is 2. The number of hydrogen-bond acceptors (Lipinski definition) is 6. The molecule has 0 unspecified atom stereocenters. The number of ketones is 1. The topological polar surface area (TPSA) is 95.7 Å². The molecule has 0 saturated carbocycles. The van der Waals surface area contributed by atoms with Crippen LogP contribution in [-0.2, 0) is 4.74 Å². The zero-order chi connectivity index (χ0) is 19.4. The van der Waals surface area contributed by atoms with Gasteiger partial charge >= 0.3 is 11.7 Å². The number of methoxy groups -OCH3 is 1. The van der Waals surface area contributed by atoms with Crippen LogP contribution in [0.2, 0.25) is 0 Å². The highest BCUT2D eigenvalue weighted by atomic mass is 16.6. The van der Waals surface area contributed by atoms with Gasteiger partial charge in [-0.05, 0) is 50.1 Å². The molecule has 0 spiro atoms. The van der Waals surface area contributed by atoms with Crippen LogP contribution in [0, 0.1) is 24.0 Å². The standard InChI is InChI=1S/C19H19NO6/c1-11-5-6-14(9-12(11)2)18(21)13(3)26-17-8-7-15(19(22)25-4)10-16(17)20(23)24/h5-10,13H,1-4H3/t13-/m1/s1. The molecule has 2 aromatic carbocycles. The normalized spacial score (nSPS) is 11.5. The Kier molecular flexibility index (Phi) is 5.71. The molecule has 7 nitrogen and oxygen atoms in total. The molecule has 0 aliphatic carbocycles. The van der Waals surface area contributed by atoms with Crippen LogP contribution in [-0.4, -0.2) is 29.9 Å². The largest absolute Gasteiger partial charge is 0.475 e. The molecule has 7 heteroatoms. The molecule has 0 aromatic heterocycles. The van der Waals surface area contributed by atoms with E-state index >= 15 is 0 Å². The fourth-order valence-electron chi connectivity index (χ4n) is 2.38. The van der Waals surface area contributed by atoms with Gasteiger partial charge in [-0.3, -0.25) is 14.9 Å². The minimum Gasteiger partial charge on any atom is -0.475 e. The van der Waals surface area contributed by atoms with Gasteiger partial charge in [-0.2, -0.15) is 0 Å². The van der Waals surface area contributed by atoms with Crippen molar-refractivity contribution >= 4 is 17.4 Å². The first-order valence-electron chi connectivity index (χ1n) is 7.89. The maximum atomic E-state index is 12.5. The van der Waals surface area contributed by atoms with Crippen molar-refractivity contribution in [1.82, 2.24) is 0 Å². The molecule has 0 bridgehead atoms. The molecule has 2 aromatic rings. The Balaban J connectivity index is 2.28. The van der Waals surface area contributed by atoms with Gasteiger partial charge in [0.2, 0.25) is 5.78 Å². The Morgan fingerprint density at radius 2 is 1.69 bits per heavy atom. The zero-order valence-corrected chi connectivity index (χ0v) is 14.9. The minimum atomic E-state index is -0.931. The smallest absolute Gasteiger partial charge is 0.338 e. The highest BCUT2D eigenvalue weighted by molar-refractivity contribution is 5.99. The predicted molar refractivity (Wildman–Crippen MR) is 94.8 cm³/mol. The first-order chi connectivity index (χ1) is 12.2. The third-order valence-electron chi connectivity index (χ3n) is 4.04. The molecule has 0 aliphatic heterocycles. The second kappa shape index (κ2) is 7.77. The van der Waals surface area contributed by atoms with Crippen molar-refractivity contribution < 1.29 is 24.0 Å². The Morgan fingerprint density at radius 3 is 2.27 bits per heavy atom. The molecule has 0 radical (unpaired) electrons. The lowest BCUT2D eigenvalue weighted by Crippen LogP contribution is -2.24. The van der Waals surface area contributed by atoms with Gasteiger partial charge in [0, 0.05) is 11.6 Å². The second-order valence-electron chi connectivity index (χ2n) is 5.85. The number of Topliss-reactive ketones (excluding diaryl/α,β-unsaturated/α-hetero) is 1. The molecule has 0 heterocycles. The van der Waals surface area contributed by atoms with Gasteiger partial charge in [-0.25, -0.2) is 4.79 Å². The van der Waals surface area contributed by atoms with Crippen LogP contribution >= 0.6 is 0 Å². The SMILES string of the molecule is COC(=O)c1ccc(O[C@H](C)C(=O)c2ccc(C)c(C)c2)c([N+](=O)[O-])c1. The third-order valence-corrected chi connectivity index (χ3v) is 4.04. The number of esters is 1. The summed E-state index contributed by atoms with van der Waals surface area (Å²) in [4.78, 5) is 34.7. The summed E-state index contributed by atoms with van der Waals surface area (Å²) in [6, 6.07) is 8.98. The number of benzene rings is 2. The maximum Gasteiger partial charge on any atom is 0.338 e. The van der Waals surface area contributed by atoms with Crippen molar-refractivity contribution in [2.45, 2.75) is 26.9 Å². The molecule has 0 N–H and O–H groups in total. The second-order valence-corrected chi connectivity index (χ2v) is 5.85. The Labute approximate surface area is 150 Å². The highest BCUT2D eigenvalue weighted by Crippen LogP contribution is 2.29. The number of rotatable bonds is 6. The summed E-state index contributed by atoms with van der Waals surface area (Å²) < 4.78 is 10.1. The van der Waals surface area contributed by atoms with Crippen LogP contribution in [0.15, 0.2) is 36.4 Å². The summed E-state index contributed by atoms with van der Waals surface area (Å²) in [6.45, 7) is 5.36. The Morgan fingerprint density at radius 1 is 1.04 bits per heavy atom.